The average Bonchev–Trinajstić information content (AvgIpc) is 2.57. The van der Waals surface area contributed by atoms with E-state index in [-0.39, 0.29) is 11.7 Å². The molecule has 1 heterocycles. The van der Waals surface area contributed by atoms with Gasteiger partial charge in [-0.15, -0.1) is 5.10 Å². The molecule has 6 nitrogen and oxygen atoms in total. The van der Waals surface area contributed by atoms with Crippen LogP contribution in [0.1, 0.15) is 0 Å². The summed E-state index contributed by atoms with van der Waals surface area (Å²) >= 11 is 1.19. The summed E-state index contributed by atoms with van der Waals surface area (Å²) in [7, 11) is 0. The van der Waals surface area contributed by atoms with Gasteiger partial charge in [0.15, 0.2) is 0 Å². The zero-order chi connectivity index (χ0) is 8.81. The summed E-state index contributed by atoms with van der Waals surface area (Å²) in [5, 5.41) is 10.5. The van der Waals surface area contributed by atoms with Crippen LogP contribution in [0.4, 0.5) is 0 Å². The minimum Gasteiger partial charge on any atom is -0.323 e. The van der Waals surface area contributed by atoms with Crippen LogP contribution in [0, 0.1) is 0 Å². The average molecular weight is 187 g/mol. The standard InChI is InChI=1S/C5H9N5OS/c6-3-5(11)12-2-1-10-4-7-8-9-10/h4H,1-3,6H2. The minimum absolute atomic E-state index is 0.0110. The van der Waals surface area contributed by atoms with Crippen LogP contribution in [0.25, 0.3) is 0 Å². The lowest BCUT2D eigenvalue weighted by atomic mass is 10.8. The molecule has 0 spiro atoms. The van der Waals surface area contributed by atoms with Gasteiger partial charge in [0, 0.05) is 5.75 Å². The van der Waals surface area contributed by atoms with Crippen molar-refractivity contribution in [3.63, 3.8) is 0 Å². The lowest BCUT2D eigenvalue weighted by Gasteiger charge is -1.96. The molecular formula is C5H9N5OS. The lowest BCUT2D eigenvalue weighted by molar-refractivity contribution is -0.109. The molecule has 0 saturated carbocycles. The number of aromatic nitrogens is 4. The summed E-state index contributed by atoms with van der Waals surface area (Å²) in [4.78, 5) is 10.7. The van der Waals surface area contributed by atoms with Crippen LogP contribution in [0.2, 0.25) is 0 Å². The molecule has 12 heavy (non-hydrogen) atoms. The first-order valence-corrected chi connectivity index (χ1v) is 4.38. The molecule has 66 valence electrons. The minimum atomic E-state index is -0.0110. The van der Waals surface area contributed by atoms with Crippen LogP contribution < -0.4 is 5.73 Å². The molecule has 1 rings (SSSR count). The molecule has 0 aliphatic rings. The van der Waals surface area contributed by atoms with E-state index in [1.165, 1.54) is 18.1 Å². The highest BCUT2D eigenvalue weighted by Crippen LogP contribution is 2.00. The normalized spacial score (nSPS) is 10.1. The van der Waals surface area contributed by atoms with Crippen LogP contribution in [-0.4, -0.2) is 37.6 Å². The summed E-state index contributed by atoms with van der Waals surface area (Å²) in [5.74, 6) is 0.654. The molecule has 0 saturated heterocycles. The van der Waals surface area contributed by atoms with Crippen molar-refractivity contribution in [2.45, 2.75) is 6.54 Å². The third-order valence-corrected chi connectivity index (χ3v) is 2.02. The van der Waals surface area contributed by atoms with E-state index in [2.05, 4.69) is 15.5 Å². The molecule has 0 aromatic carbocycles. The zero-order valence-electron chi connectivity index (χ0n) is 6.38. The number of carbonyl (C=O) groups is 1. The lowest BCUT2D eigenvalue weighted by Crippen LogP contribution is -2.11. The maximum absolute atomic E-state index is 10.7. The second-order valence-corrected chi connectivity index (χ2v) is 3.15. The van der Waals surface area contributed by atoms with Crippen molar-refractivity contribution in [1.82, 2.24) is 20.2 Å². The van der Waals surface area contributed by atoms with Crippen molar-refractivity contribution in [3.05, 3.63) is 6.33 Å². The van der Waals surface area contributed by atoms with Crippen molar-refractivity contribution >= 4 is 16.9 Å². The SMILES string of the molecule is NCC(=O)SCCn1cnnn1. The topological polar surface area (TPSA) is 86.7 Å². The van der Waals surface area contributed by atoms with Crippen LogP contribution in [0.3, 0.4) is 0 Å². The van der Waals surface area contributed by atoms with Gasteiger partial charge < -0.3 is 5.73 Å². The zero-order valence-corrected chi connectivity index (χ0v) is 7.20. The predicted molar refractivity (Wildman–Crippen MR) is 44.3 cm³/mol. The van der Waals surface area contributed by atoms with Crippen LogP contribution in [0.5, 0.6) is 0 Å². The Balaban J connectivity index is 2.15. The highest BCUT2D eigenvalue weighted by atomic mass is 32.2. The summed E-state index contributed by atoms with van der Waals surface area (Å²) < 4.78 is 1.57. The monoisotopic (exact) mass is 187 g/mol. The number of carbonyl (C=O) groups excluding carboxylic acids is 1. The molecule has 0 unspecified atom stereocenters. The number of rotatable bonds is 4. The molecule has 2 N–H and O–H groups in total. The van der Waals surface area contributed by atoms with Gasteiger partial charge in [-0.25, -0.2) is 4.68 Å². The Labute approximate surface area is 73.5 Å². The molecule has 0 bridgehead atoms. The van der Waals surface area contributed by atoms with Crippen molar-refractivity contribution in [2.24, 2.45) is 5.73 Å². The smallest absolute Gasteiger partial charge is 0.202 e. The maximum Gasteiger partial charge on any atom is 0.202 e. The number of hydrogen-bond donors (Lipinski definition) is 1. The summed E-state index contributed by atoms with van der Waals surface area (Å²) in [6, 6.07) is 0. The van der Waals surface area contributed by atoms with E-state index in [4.69, 9.17) is 5.73 Å². The maximum atomic E-state index is 10.7. The summed E-state index contributed by atoms with van der Waals surface area (Å²) in [6.07, 6.45) is 1.51. The number of nitrogens with two attached hydrogens (primary N) is 1. The van der Waals surface area contributed by atoms with E-state index in [9.17, 15) is 4.79 Å². The van der Waals surface area contributed by atoms with Crippen LogP contribution in [0.15, 0.2) is 6.33 Å². The highest BCUT2D eigenvalue weighted by Gasteiger charge is 1.99. The van der Waals surface area contributed by atoms with Crippen molar-refractivity contribution in [1.29, 1.82) is 0 Å². The van der Waals surface area contributed by atoms with Gasteiger partial charge in [0.05, 0.1) is 13.1 Å². The van der Waals surface area contributed by atoms with Crippen molar-refractivity contribution in [3.8, 4) is 0 Å². The van der Waals surface area contributed by atoms with Gasteiger partial charge >= 0.3 is 0 Å². The van der Waals surface area contributed by atoms with Gasteiger partial charge in [0.25, 0.3) is 0 Å². The third kappa shape index (κ3) is 2.97. The first-order chi connectivity index (χ1) is 5.83. The Morgan fingerprint density at radius 2 is 2.50 bits per heavy atom. The van der Waals surface area contributed by atoms with E-state index in [1.807, 2.05) is 0 Å². The summed E-state index contributed by atoms with van der Waals surface area (Å²) in [5.41, 5.74) is 5.11. The fraction of sp³-hybridized carbons (Fsp3) is 0.600. The Hall–Kier alpha value is -0.950. The second kappa shape index (κ2) is 4.83. The number of hydrogen-bond acceptors (Lipinski definition) is 6. The van der Waals surface area contributed by atoms with E-state index < -0.39 is 0 Å². The molecular weight excluding hydrogens is 178 g/mol. The van der Waals surface area contributed by atoms with E-state index in [1.54, 1.807) is 4.68 Å². The quantitative estimate of drug-likeness (QED) is 0.643. The highest BCUT2D eigenvalue weighted by molar-refractivity contribution is 8.13. The fourth-order valence-electron chi connectivity index (χ4n) is 0.595. The van der Waals surface area contributed by atoms with Crippen molar-refractivity contribution < 1.29 is 4.79 Å². The van der Waals surface area contributed by atoms with Gasteiger partial charge in [0.1, 0.15) is 6.33 Å². The van der Waals surface area contributed by atoms with Crippen molar-refractivity contribution in [2.75, 3.05) is 12.3 Å². The van der Waals surface area contributed by atoms with Gasteiger partial charge in [-0.2, -0.15) is 0 Å². The first kappa shape index (κ1) is 9.14. The Kier molecular flexibility index (Phi) is 3.68. The second-order valence-electron chi connectivity index (χ2n) is 2.00. The fourth-order valence-corrected chi connectivity index (χ4v) is 1.22. The van der Waals surface area contributed by atoms with E-state index >= 15 is 0 Å². The van der Waals surface area contributed by atoms with Gasteiger partial charge in [-0.1, -0.05) is 11.8 Å². The van der Waals surface area contributed by atoms with Gasteiger partial charge in [-0.05, 0) is 10.4 Å². The van der Waals surface area contributed by atoms with Gasteiger partial charge in [-0.3, -0.25) is 4.79 Å². The molecule has 0 atom stereocenters. The third-order valence-electron chi connectivity index (χ3n) is 1.14. The number of nitrogens with zero attached hydrogens (tertiary/aromatic N) is 4. The first-order valence-electron chi connectivity index (χ1n) is 3.39. The molecule has 0 amide bonds. The molecule has 1 aromatic heterocycles. The van der Waals surface area contributed by atoms with Gasteiger partial charge in [0.2, 0.25) is 5.12 Å². The Morgan fingerprint density at radius 3 is 3.08 bits per heavy atom. The Morgan fingerprint density at radius 1 is 1.67 bits per heavy atom. The number of aryl methyl sites for hydroxylation is 1. The molecule has 0 aliphatic heterocycles. The molecule has 0 fully saturated rings. The predicted octanol–water partition coefficient (Wildman–Crippen LogP) is -1.11. The van der Waals surface area contributed by atoms with E-state index in [0.29, 0.717) is 12.3 Å². The molecule has 1 aromatic rings. The Bertz CT molecular complexity index is 236. The van der Waals surface area contributed by atoms with E-state index in [0.717, 1.165) is 0 Å². The van der Waals surface area contributed by atoms with Crippen LogP contribution >= 0.6 is 11.8 Å². The molecule has 0 aliphatic carbocycles. The summed E-state index contributed by atoms with van der Waals surface area (Å²) in [6.45, 7) is 0.712. The molecule has 0 radical (unpaired) electrons. The number of tetrazole rings is 1. The number of thioether (sulfide) groups is 1. The van der Waals surface area contributed by atoms with Crippen LogP contribution in [-0.2, 0) is 11.3 Å². The molecule has 7 heteroatoms. The largest absolute Gasteiger partial charge is 0.323 e.